The Hall–Kier alpha value is -1.21. The molecular formula is C13H17F2NO3S. The number of aliphatic hydroxyl groups is 1. The molecule has 0 heterocycles. The normalized spacial score (nSPS) is 23.2. The number of halogens is 2. The Kier molecular flexibility index (Phi) is 4.59. The summed E-state index contributed by atoms with van der Waals surface area (Å²) in [5.41, 5.74) is 0.189. The molecule has 2 N–H and O–H groups in total. The van der Waals surface area contributed by atoms with E-state index < -0.39 is 15.6 Å². The number of hydrogen-bond donors (Lipinski definition) is 2. The van der Waals surface area contributed by atoms with Crippen LogP contribution in [0.15, 0.2) is 29.2 Å². The lowest BCUT2D eigenvalue weighted by Crippen LogP contribution is -2.17. The first kappa shape index (κ1) is 15.2. The van der Waals surface area contributed by atoms with Crippen LogP contribution in [-0.2, 0) is 9.84 Å². The minimum absolute atomic E-state index is 0.189. The third kappa shape index (κ3) is 3.27. The quantitative estimate of drug-likeness (QED) is 0.875. The molecule has 2 rings (SSSR count). The molecule has 1 fully saturated rings. The van der Waals surface area contributed by atoms with Gasteiger partial charge in [-0.25, -0.2) is 8.42 Å². The molecule has 0 aliphatic heterocycles. The largest absolute Gasteiger partial charge is 0.393 e. The Morgan fingerprint density at radius 2 is 2.00 bits per heavy atom. The highest BCUT2D eigenvalue weighted by Gasteiger charge is 2.29. The van der Waals surface area contributed by atoms with Gasteiger partial charge in [0.15, 0.2) is 0 Å². The fourth-order valence-corrected chi connectivity index (χ4v) is 3.35. The minimum Gasteiger partial charge on any atom is -0.393 e. The van der Waals surface area contributed by atoms with Crippen molar-refractivity contribution in [3.63, 3.8) is 0 Å². The Morgan fingerprint density at radius 1 is 1.30 bits per heavy atom. The maximum atomic E-state index is 12.6. The van der Waals surface area contributed by atoms with Gasteiger partial charge in [-0.3, -0.25) is 0 Å². The molecule has 0 radical (unpaired) electrons. The number of anilines is 1. The van der Waals surface area contributed by atoms with Crippen molar-refractivity contribution in [2.45, 2.75) is 36.0 Å². The van der Waals surface area contributed by atoms with Crippen LogP contribution in [0.5, 0.6) is 0 Å². The second kappa shape index (κ2) is 6.05. The molecule has 1 aromatic carbocycles. The lowest BCUT2D eigenvalue weighted by Gasteiger charge is -2.15. The summed E-state index contributed by atoms with van der Waals surface area (Å²) >= 11 is 0. The van der Waals surface area contributed by atoms with Crippen LogP contribution in [0.25, 0.3) is 0 Å². The number of hydrogen-bond acceptors (Lipinski definition) is 4. The monoisotopic (exact) mass is 305 g/mol. The molecule has 0 amide bonds. The zero-order chi connectivity index (χ0) is 14.8. The third-order valence-corrected chi connectivity index (χ3v) is 4.96. The van der Waals surface area contributed by atoms with Gasteiger partial charge in [0.05, 0.1) is 16.7 Å². The number of aliphatic hydroxyl groups excluding tert-OH is 1. The second-order valence-electron chi connectivity index (χ2n) is 5.02. The van der Waals surface area contributed by atoms with E-state index in [0.717, 1.165) is 12.8 Å². The van der Waals surface area contributed by atoms with Crippen molar-refractivity contribution in [3.05, 3.63) is 24.3 Å². The average molecular weight is 305 g/mol. The summed E-state index contributed by atoms with van der Waals surface area (Å²) in [5.74, 6) is -3.20. The number of nitrogens with one attached hydrogen (secondary N) is 1. The van der Waals surface area contributed by atoms with Crippen molar-refractivity contribution in [1.29, 1.82) is 0 Å². The molecule has 1 saturated carbocycles. The summed E-state index contributed by atoms with van der Waals surface area (Å²) in [5, 5.41) is 12.3. The van der Waals surface area contributed by atoms with E-state index >= 15 is 0 Å². The molecule has 4 nitrogen and oxygen atoms in total. The van der Waals surface area contributed by atoms with Crippen molar-refractivity contribution in [3.8, 4) is 0 Å². The summed E-state index contributed by atoms with van der Waals surface area (Å²) in [6, 6.07) is 5.66. The van der Waals surface area contributed by atoms with Crippen LogP contribution < -0.4 is 5.32 Å². The number of para-hydroxylation sites is 1. The Labute approximate surface area is 116 Å². The van der Waals surface area contributed by atoms with Gasteiger partial charge in [-0.2, -0.15) is 8.78 Å². The SMILES string of the molecule is O=S(=O)(c1ccccc1NCC1CCC(O)C1)C(F)F. The predicted octanol–water partition coefficient (Wildman–Crippen LogP) is 2.26. The highest BCUT2D eigenvalue weighted by atomic mass is 32.2. The van der Waals surface area contributed by atoms with Gasteiger partial charge in [-0.1, -0.05) is 12.1 Å². The maximum Gasteiger partial charge on any atom is 0.341 e. The molecule has 1 aromatic rings. The third-order valence-electron chi connectivity index (χ3n) is 3.52. The Morgan fingerprint density at radius 3 is 2.60 bits per heavy atom. The van der Waals surface area contributed by atoms with Gasteiger partial charge in [0, 0.05) is 6.54 Å². The Balaban J connectivity index is 2.13. The molecule has 1 aliphatic rings. The van der Waals surface area contributed by atoms with E-state index in [1.807, 2.05) is 0 Å². The minimum atomic E-state index is -4.61. The van der Waals surface area contributed by atoms with Crippen LogP contribution >= 0.6 is 0 Å². The van der Waals surface area contributed by atoms with Gasteiger partial charge < -0.3 is 10.4 Å². The molecule has 0 aromatic heterocycles. The fraction of sp³-hybridized carbons (Fsp3) is 0.538. The lowest BCUT2D eigenvalue weighted by atomic mass is 10.1. The van der Waals surface area contributed by atoms with Crippen LogP contribution in [0.4, 0.5) is 14.5 Å². The van der Waals surface area contributed by atoms with Gasteiger partial charge in [-0.05, 0) is 37.3 Å². The molecule has 0 spiro atoms. The summed E-state index contributed by atoms with van der Waals surface area (Å²) < 4.78 is 48.4. The topological polar surface area (TPSA) is 66.4 Å². The fourth-order valence-electron chi connectivity index (χ4n) is 2.45. The first-order chi connectivity index (χ1) is 9.41. The standard InChI is InChI=1S/C13H17F2NO3S/c14-13(15)20(18,19)12-4-2-1-3-11(12)16-8-9-5-6-10(17)7-9/h1-4,9-10,13,16-17H,5-8H2. The van der Waals surface area contributed by atoms with E-state index in [1.165, 1.54) is 18.2 Å². The van der Waals surface area contributed by atoms with Crippen molar-refractivity contribution < 1.29 is 22.3 Å². The van der Waals surface area contributed by atoms with E-state index in [-0.39, 0.29) is 22.6 Å². The second-order valence-corrected chi connectivity index (χ2v) is 6.90. The number of sulfone groups is 1. The highest BCUT2D eigenvalue weighted by molar-refractivity contribution is 7.91. The van der Waals surface area contributed by atoms with Gasteiger partial charge in [0.1, 0.15) is 0 Å². The highest BCUT2D eigenvalue weighted by Crippen LogP contribution is 2.29. The molecule has 20 heavy (non-hydrogen) atoms. The van der Waals surface area contributed by atoms with E-state index in [2.05, 4.69) is 5.32 Å². The average Bonchev–Trinajstić information content (AvgIpc) is 2.82. The van der Waals surface area contributed by atoms with Crippen LogP contribution in [0.3, 0.4) is 0 Å². The van der Waals surface area contributed by atoms with Crippen LogP contribution in [0.1, 0.15) is 19.3 Å². The van der Waals surface area contributed by atoms with Gasteiger partial charge in [0.25, 0.3) is 0 Å². The first-order valence-electron chi connectivity index (χ1n) is 6.44. The molecule has 112 valence electrons. The lowest BCUT2D eigenvalue weighted by molar-refractivity contribution is 0.178. The number of alkyl halides is 2. The van der Waals surface area contributed by atoms with Crippen molar-refractivity contribution in [1.82, 2.24) is 0 Å². The van der Waals surface area contributed by atoms with E-state index in [9.17, 15) is 22.3 Å². The first-order valence-corrected chi connectivity index (χ1v) is 7.99. The van der Waals surface area contributed by atoms with E-state index in [1.54, 1.807) is 6.07 Å². The molecule has 2 unspecified atom stereocenters. The molecule has 7 heteroatoms. The van der Waals surface area contributed by atoms with E-state index in [4.69, 9.17) is 0 Å². The summed E-state index contributed by atoms with van der Waals surface area (Å²) in [6.45, 7) is 0.465. The van der Waals surface area contributed by atoms with E-state index in [0.29, 0.717) is 13.0 Å². The molecule has 0 bridgehead atoms. The van der Waals surface area contributed by atoms with Crippen LogP contribution in [0.2, 0.25) is 0 Å². The zero-order valence-corrected chi connectivity index (χ0v) is 11.6. The maximum absolute atomic E-state index is 12.6. The van der Waals surface area contributed by atoms with Crippen LogP contribution in [0, 0.1) is 5.92 Å². The smallest absolute Gasteiger partial charge is 0.341 e. The summed E-state index contributed by atoms with van der Waals surface area (Å²) in [7, 11) is -4.61. The zero-order valence-electron chi connectivity index (χ0n) is 10.8. The van der Waals surface area contributed by atoms with Gasteiger partial charge >= 0.3 is 5.76 Å². The number of rotatable bonds is 5. The molecule has 0 saturated heterocycles. The Bertz CT molecular complexity index is 562. The molecule has 1 aliphatic carbocycles. The van der Waals surface area contributed by atoms with Gasteiger partial charge in [-0.15, -0.1) is 0 Å². The van der Waals surface area contributed by atoms with Crippen molar-refractivity contribution in [2.75, 3.05) is 11.9 Å². The summed E-state index contributed by atoms with van der Waals surface area (Å²) in [4.78, 5) is -0.381. The summed E-state index contributed by atoms with van der Waals surface area (Å²) in [6.07, 6.45) is 1.90. The van der Waals surface area contributed by atoms with Gasteiger partial charge in [0.2, 0.25) is 9.84 Å². The van der Waals surface area contributed by atoms with Crippen molar-refractivity contribution >= 4 is 15.5 Å². The van der Waals surface area contributed by atoms with Crippen molar-refractivity contribution in [2.24, 2.45) is 5.92 Å². The predicted molar refractivity (Wildman–Crippen MR) is 71.5 cm³/mol. The van der Waals surface area contributed by atoms with Crippen LogP contribution in [-0.4, -0.2) is 31.9 Å². The molecule has 2 atom stereocenters. The number of benzene rings is 1. The molecular weight excluding hydrogens is 288 g/mol.